The molecule has 0 saturated carbocycles. The molecule has 0 fully saturated rings. The van der Waals surface area contributed by atoms with Crippen molar-refractivity contribution >= 4 is 27.3 Å². The number of aryl methyl sites for hydroxylation is 1. The lowest BCUT2D eigenvalue weighted by Crippen LogP contribution is -2.41. The lowest BCUT2D eigenvalue weighted by atomic mass is 10.1. The summed E-state index contributed by atoms with van der Waals surface area (Å²) in [5, 5.41) is 6.64. The maximum absolute atomic E-state index is 12.1. The molecule has 2 heterocycles. The van der Waals surface area contributed by atoms with Gasteiger partial charge < -0.3 is 0 Å². The molecular formula is C15H14N4O3S2. The summed E-state index contributed by atoms with van der Waals surface area (Å²) >= 11 is 1.12. The molecule has 7 nitrogen and oxygen atoms in total. The fourth-order valence-corrected chi connectivity index (χ4v) is 4.11. The highest BCUT2D eigenvalue weighted by Gasteiger charge is 2.18. The molecular weight excluding hydrogens is 348 g/mol. The van der Waals surface area contributed by atoms with Crippen LogP contribution in [0.5, 0.6) is 0 Å². The lowest BCUT2D eigenvalue weighted by molar-refractivity contribution is 0.0940. The van der Waals surface area contributed by atoms with Crippen LogP contribution >= 0.6 is 11.3 Å². The van der Waals surface area contributed by atoms with Gasteiger partial charge in [0.15, 0.2) is 0 Å². The van der Waals surface area contributed by atoms with Gasteiger partial charge in [-0.05, 0) is 25.1 Å². The van der Waals surface area contributed by atoms with Crippen LogP contribution in [0.25, 0.3) is 11.3 Å². The van der Waals surface area contributed by atoms with Crippen molar-refractivity contribution in [3.8, 4) is 11.3 Å². The molecule has 124 valence electrons. The van der Waals surface area contributed by atoms with Gasteiger partial charge >= 0.3 is 0 Å². The highest BCUT2D eigenvalue weighted by atomic mass is 32.2. The van der Waals surface area contributed by atoms with Crippen molar-refractivity contribution in [3.63, 3.8) is 0 Å². The van der Waals surface area contributed by atoms with Crippen LogP contribution in [-0.4, -0.2) is 24.5 Å². The van der Waals surface area contributed by atoms with E-state index in [-0.39, 0.29) is 9.90 Å². The van der Waals surface area contributed by atoms with Crippen molar-refractivity contribution in [1.29, 1.82) is 0 Å². The topological polar surface area (TPSA) is 104 Å². The number of H-pyrrole nitrogens is 1. The van der Waals surface area contributed by atoms with Gasteiger partial charge in [0.2, 0.25) is 0 Å². The largest absolute Gasteiger partial charge is 0.284 e. The fraction of sp³-hybridized carbons (Fsp3) is 0.0667. The monoisotopic (exact) mass is 362 g/mol. The molecule has 2 aromatic heterocycles. The Labute approximate surface area is 142 Å². The SMILES string of the molecule is Cc1ccc(S(=O)(=O)NNC(=O)c2cc(-c3ccccc3)n[nH]2)s1. The van der Waals surface area contributed by atoms with Crippen molar-refractivity contribution in [2.75, 3.05) is 0 Å². The van der Waals surface area contributed by atoms with Gasteiger partial charge in [0.25, 0.3) is 15.9 Å². The van der Waals surface area contributed by atoms with Crippen molar-refractivity contribution < 1.29 is 13.2 Å². The van der Waals surface area contributed by atoms with Gasteiger partial charge in [-0.3, -0.25) is 15.3 Å². The molecule has 0 saturated heterocycles. The second-order valence-electron chi connectivity index (χ2n) is 4.96. The molecule has 1 aromatic carbocycles. The fourth-order valence-electron chi connectivity index (χ4n) is 1.98. The second kappa shape index (κ2) is 6.56. The Balaban J connectivity index is 1.69. The quantitative estimate of drug-likeness (QED) is 0.604. The van der Waals surface area contributed by atoms with Crippen LogP contribution < -0.4 is 10.3 Å². The summed E-state index contributed by atoms with van der Waals surface area (Å²) in [4.78, 5) is 15.0. The van der Waals surface area contributed by atoms with Gasteiger partial charge in [0.1, 0.15) is 9.90 Å². The average Bonchev–Trinajstić information content (AvgIpc) is 3.23. The zero-order valence-corrected chi connectivity index (χ0v) is 14.2. The Bertz CT molecular complexity index is 962. The zero-order valence-electron chi connectivity index (χ0n) is 12.6. The molecule has 0 atom stereocenters. The Morgan fingerprint density at radius 3 is 2.58 bits per heavy atom. The van der Waals surface area contributed by atoms with Crippen LogP contribution in [0.15, 0.2) is 52.7 Å². The third-order valence-electron chi connectivity index (χ3n) is 3.17. The molecule has 0 spiro atoms. The van der Waals surface area contributed by atoms with E-state index in [2.05, 4.69) is 20.5 Å². The first-order chi connectivity index (χ1) is 11.5. The van der Waals surface area contributed by atoms with E-state index in [0.29, 0.717) is 5.69 Å². The van der Waals surface area contributed by atoms with Crippen molar-refractivity contribution in [2.45, 2.75) is 11.1 Å². The van der Waals surface area contributed by atoms with Crippen LogP contribution in [0.1, 0.15) is 15.4 Å². The predicted molar refractivity (Wildman–Crippen MR) is 90.9 cm³/mol. The number of aromatic amines is 1. The minimum absolute atomic E-state index is 0.134. The summed E-state index contributed by atoms with van der Waals surface area (Å²) in [6.45, 7) is 1.80. The molecule has 3 aromatic rings. The highest BCUT2D eigenvalue weighted by molar-refractivity contribution is 7.91. The summed E-state index contributed by atoms with van der Waals surface area (Å²) in [6.07, 6.45) is 0. The third-order valence-corrected chi connectivity index (χ3v) is 5.91. The number of amides is 1. The number of carbonyl (C=O) groups excluding carboxylic acids is 1. The highest BCUT2D eigenvalue weighted by Crippen LogP contribution is 2.20. The summed E-state index contributed by atoms with van der Waals surface area (Å²) < 4.78 is 24.3. The normalized spacial score (nSPS) is 11.4. The Morgan fingerprint density at radius 2 is 1.92 bits per heavy atom. The maximum Gasteiger partial charge on any atom is 0.284 e. The number of benzene rings is 1. The van der Waals surface area contributed by atoms with Gasteiger partial charge in [0.05, 0.1) is 5.69 Å². The predicted octanol–water partition coefficient (Wildman–Crippen LogP) is 2.07. The molecule has 0 bridgehead atoms. The van der Waals surface area contributed by atoms with E-state index in [9.17, 15) is 13.2 Å². The van der Waals surface area contributed by atoms with E-state index in [1.807, 2.05) is 30.3 Å². The van der Waals surface area contributed by atoms with E-state index >= 15 is 0 Å². The Hall–Kier alpha value is -2.49. The van der Waals surface area contributed by atoms with E-state index in [1.54, 1.807) is 19.1 Å². The number of carbonyl (C=O) groups is 1. The van der Waals surface area contributed by atoms with Crippen LogP contribution in [0.2, 0.25) is 0 Å². The minimum Gasteiger partial charge on any atom is -0.272 e. The van der Waals surface area contributed by atoms with E-state index in [0.717, 1.165) is 21.8 Å². The molecule has 24 heavy (non-hydrogen) atoms. The number of nitrogens with one attached hydrogen (secondary N) is 3. The number of hydrazine groups is 1. The van der Waals surface area contributed by atoms with Gasteiger partial charge in [-0.2, -0.15) is 5.10 Å². The van der Waals surface area contributed by atoms with Crippen molar-refractivity contribution in [3.05, 3.63) is 59.1 Å². The van der Waals surface area contributed by atoms with Crippen molar-refractivity contribution in [1.82, 2.24) is 20.5 Å². The van der Waals surface area contributed by atoms with E-state index in [4.69, 9.17) is 0 Å². The molecule has 3 N–H and O–H groups in total. The lowest BCUT2D eigenvalue weighted by Gasteiger charge is -2.05. The van der Waals surface area contributed by atoms with E-state index in [1.165, 1.54) is 6.07 Å². The van der Waals surface area contributed by atoms with Crippen LogP contribution in [0.3, 0.4) is 0 Å². The number of rotatable bonds is 5. The van der Waals surface area contributed by atoms with Gasteiger partial charge in [0, 0.05) is 10.4 Å². The smallest absolute Gasteiger partial charge is 0.272 e. The van der Waals surface area contributed by atoms with Crippen LogP contribution in [0.4, 0.5) is 0 Å². The number of nitrogens with zero attached hydrogens (tertiary/aromatic N) is 1. The summed E-state index contributed by atoms with van der Waals surface area (Å²) in [5.74, 6) is -0.624. The molecule has 3 rings (SSSR count). The molecule has 0 aliphatic heterocycles. The van der Waals surface area contributed by atoms with Gasteiger partial charge in [-0.1, -0.05) is 30.3 Å². The van der Waals surface area contributed by atoms with Gasteiger partial charge in [-0.25, -0.2) is 8.42 Å². The number of hydrogen-bond donors (Lipinski definition) is 3. The number of sulfonamides is 1. The molecule has 0 aliphatic rings. The first-order valence-corrected chi connectivity index (χ1v) is 9.25. The first-order valence-electron chi connectivity index (χ1n) is 6.95. The summed E-state index contributed by atoms with van der Waals surface area (Å²) in [7, 11) is -3.79. The van der Waals surface area contributed by atoms with Gasteiger partial charge in [-0.15, -0.1) is 16.2 Å². The Kier molecular flexibility index (Phi) is 4.47. The van der Waals surface area contributed by atoms with E-state index < -0.39 is 15.9 Å². The average molecular weight is 362 g/mol. The van der Waals surface area contributed by atoms with Crippen LogP contribution in [-0.2, 0) is 10.0 Å². The third kappa shape index (κ3) is 3.53. The first kappa shape index (κ1) is 16.4. The second-order valence-corrected chi connectivity index (χ2v) is 8.15. The van der Waals surface area contributed by atoms with Crippen LogP contribution in [0, 0.1) is 6.92 Å². The minimum atomic E-state index is -3.79. The number of aromatic nitrogens is 2. The maximum atomic E-state index is 12.1. The summed E-state index contributed by atoms with van der Waals surface area (Å²) in [6, 6.07) is 14.1. The zero-order chi connectivity index (χ0) is 17.2. The Morgan fingerprint density at radius 1 is 1.17 bits per heavy atom. The molecule has 0 unspecified atom stereocenters. The molecule has 9 heteroatoms. The molecule has 1 amide bonds. The number of thiophene rings is 1. The van der Waals surface area contributed by atoms with Crippen molar-refractivity contribution in [2.24, 2.45) is 0 Å². The standard InChI is InChI=1S/C15H14N4O3S2/c1-10-7-8-14(23-10)24(21,22)19-18-15(20)13-9-12(16-17-13)11-5-3-2-4-6-11/h2-9,19H,1H3,(H,16,17)(H,18,20). The molecule has 0 radical (unpaired) electrons. The number of hydrogen-bond acceptors (Lipinski definition) is 5. The molecule has 0 aliphatic carbocycles. The summed E-state index contributed by atoms with van der Waals surface area (Å²) in [5.41, 5.74) is 3.77.